The van der Waals surface area contributed by atoms with Crippen LogP contribution in [-0.4, -0.2) is 19.1 Å². The molecule has 1 aliphatic heterocycles. The summed E-state index contributed by atoms with van der Waals surface area (Å²) in [5.41, 5.74) is 2.37. The Kier molecular flexibility index (Phi) is 3.65. The number of rotatable bonds is 2. The molecule has 0 aromatic heterocycles. The zero-order chi connectivity index (χ0) is 16.7. The first-order valence-electron chi connectivity index (χ1n) is 8.02. The fraction of sp³-hybridized carbons (Fsp3) is 0.316. The molecule has 4 nitrogen and oxygen atoms in total. The second-order valence-electron chi connectivity index (χ2n) is 6.65. The quantitative estimate of drug-likeness (QED) is 0.876. The van der Waals surface area contributed by atoms with Gasteiger partial charge in [-0.2, -0.15) is 0 Å². The number of carbonyl (C=O) groups excluding carboxylic acids is 1. The number of benzene rings is 2. The Morgan fingerprint density at radius 3 is 2.58 bits per heavy atom. The van der Waals surface area contributed by atoms with Crippen LogP contribution in [0.25, 0.3) is 0 Å². The third-order valence-corrected chi connectivity index (χ3v) is 4.91. The van der Waals surface area contributed by atoms with Crippen molar-refractivity contribution in [3.63, 3.8) is 0 Å². The van der Waals surface area contributed by atoms with Crippen molar-refractivity contribution in [1.82, 2.24) is 0 Å². The van der Waals surface area contributed by atoms with Crippen molar-refractivity contribution in [2.24, 2.45) is 5.41 Å². The van der Waals surface area contributed by atoms with Crippen molar-refractivity contribution in [2.75, 3.05) is 18.5 Å². The summed E-state index contributed by atoms with van der Waals surface area (Å²) in [4.78, 5) is 12.5. The van der Waals surface area contributed by atoms with Gasteiger partial charge in [-0.1, -0.05) is 17.7 Å². The molecule has 1 fully saturated rings. The topological polar surface area (TPSA) is 47.6 Å². The molecule has 124 valence electrons. The third-order valence-electron chi connectivity index (χ3n) is 4.68. The highest BCUT2D eigenvalue weighted by atomic mass is 35.5. The fourth-order valence-corrected chi connectivity index (χ4v) is 2.95. The zero-order valence-electron chi connectivity index (χ0n) is 13.4. The molecule has 1 amide bonds. The molecule has 1 spiro atoms. The molecule has 0 bridgehead atoms. The smallest absolute Gasteiger partial charge is 0.255 e. The Labute approximate surface area is 145 Å². The van der Waals surface area contributed by atoms with Crippen molar-refractivity contribution in [3.8, 4) is 11.5 Å². The second kappa shape index (κ2) is 5.71. The van der Waals surface area contributed by atoms with Crippen LogP contribution < -0.4 is 14.8 Å². The van der Waals surface area contributed by atoms with E-state index in [1.807, 2.05) is 13.0 Å². The van der Waals surface area contributed by atoms with E-state index in [0.717, 1.165) is 18.4 Å². The monoisotopic (exact) mass is 343 g/mol. The lowest BCUT2D eigenvalue weighted by Crippen LogP contribution is -2.17. The number of ether oxygens (including phenoxy) is 2. The van der Waals surface area contributed by atoms with Gasteiger partial charge in [0.15, 0.2) is 11.5 Å². The number of aryl methyl sites for hydroxylation is 1. The Hall–Kier alpha value is -2.20. The maximum Gasteiger partial charge on any atom is 0.255 e. The maximum absolute atomic E-state index is 12.5. The lowest BCUT2D eigenvalue weighted by Gasteiger charge is -2.11. The summed E-state index contributed by atoms with van der Waals surface area (Å²) in [6.45, 7) is 3.26. The van der Waals surface area contributed by atoms with E-state index in [-0.39, 0.29) is 11.3 Å². The van der Waals surface area contributed by atoms with Crippen molar-refractivity contribution in [3.05, 3.63) is 52.5 Å². The average Bonchev–Trinajstić information content (AvgIpc) is 3.37. The average molecular weight is 344 g/mol. The highest BCUT2D eigenvalue weighted by Gasteiger charge is 2.46. The minimum atomic E-state index is -0.197. The van der Waals surface area contributed by atoms with Gasteiger partial charge >= 0.3 is 0 Å². The molecule has 2 aliphatic rings. The van der Waals surface area contributed by atoms with E-state index in [1.54, 1.807) is 30.3 Å². The first-order valence-corrected chi connectivity index (χ1v) is 8.40. The van der Waals surface area contributed by atoms with E-state index in [9.17, 15) is 4.79 Å². The van der Waals surface area contributed by atoms with Gasteiger partial charge in [0.2, 0.25) is 0 Å². The number of amides is 1. The van der Waals surface area contributed by atoms with Crippen molar-refractivity contribution in [2.45, 2.75) is 19.8 Å². The van der Waals surface area contributed by atoms with E-state index < -0.39 is 0 Å². The Morgan fingerprint density at radius 1 is 1.08 bits per heavy atom. The highest BCUT2D eigenvalue weighted by Crippen LogP contribution is 2.49. The standard InChI is InChI=1S/C19H18ClNO3/c1-12-2-4-14(20)9-15(12)21-18(22)13-3-5-16-17(8-13)24-11-19(6-7-19)10-23-16/h2-5,8-9H,6-7,10-11H2,1H3,(H,21,22). The van der Waals surface area contributed by atoms with Gasteiger partial charge in [0.1, 0.15) is 0 Å². The summed E-state index contributed by atoms with van der Waals surface area (Å²) in [6, 6.07) is 10.7. The third kappa shape index (κ3) is 2.94. The maximum atomic E-state index is 12.5. The molecule has 1 aliphatic carbocycles. The van der Waals surface area contributed by atoms with Crippen LogP contribution in [0.2, 0.25) is 5.02 Å². The summed E-state index contributed by atoms with van der Waals surface area (Å²) in [5, 5.41) is 3.49. The number of hydrogen-bond donors (Lipinski definition) is 1. The molecule has 0 unspecified atom stereocenters. The van der Waals surface area contributed by atoms with Crippen LogP contribution in [-0.2, 0) is 0 Å². The Balaban J connectivity index is 1.55. The molecule has 5 heteroatoms. The van der Waals surface area contributed by atoms with Gasteiger partial charge in [0.05, 0.1) is 13.2 Å². The molecule has 2 aromatic carbocycles. The Bertz CT molecular complexity index is 814. The van der Waals surface area contributed by atoms with Crippen molar-refractivity contribution in [1.29, 1.82) is 0 Å². The largest absolute Gasteiger partial charge is 0.489 e. The minimum absolute atomic E-state index is 0.180. The summed E-state index contributed by atoms with van der Waals surface area (Å²) in [7, 11) is 0. The molecule has 1 N–H and O–H groups in total. The first-order chi connectivity index (χ1) is 11.5. The highest BCUT2D eigenvalue weighted by molar-refractivity contribution is 6.31. The van der Waals surface area contributed by atoms with Crippen LogP contribution in [0.5, 0.6) is 11.5 Å². The van der Waals surface area contributed by atoms with Crippen molar-refractivity contribution >= 4 is 23.2 Å². The SMILES string of the molecule is Cc1ccc(Cl)cc1NC(=O)c1ccc2c(c1)OCC1(CC1)CO2. The summed E-state index contributed by atoms with van der Waals surface area (Å²) < 4.78 is 11.7. The molecule has 2 aromatic rings. The fourth-order valence-electron chi connectivity index (χ4n) is 2.77. The molecular weight excluding hydrogens is 326 g/mol. The molecule has 24 heavy (non-hydrogen) atoms. The van der Waals surface area contributed by atoms with Gasteiger partial charge in [-0.25, -0.2) is 0 Å². The van der Waals surface area contributed by atoms with E-state index in [0.29, 0.717) is 41.0 Å². The van der Waals surface area contributed by atoms with Crippen LogP contribution in [0.3, 0.4) is 0 Å². The lowest BCUT2D eigenvalue weighted by atomic mass is 10.1. The molecule has 0 radical (unpaired) electrons. The molecule has 4 rings (SSSR count). The molecule has 1 heterocycles. The summed E-state index contributed by atoms with van der Waals surface area (Å²) in [5.74, 6) is 1.14. The predicted octanol–water partition coefficient (Wildman–Crippen LogP) is 4.45. The number of anilines is 1. The number of halogens is 1. The molecule has 0 saturated heterocycles. The number of nitrogens with one attached hydrogen (secondary N) is 1. The van der Waals surface area contributed by atoms with Crippen molar-refractivity contribution < 1.29 is 14.3 Å². The zero-order valence-corrected chi connectivity index (χ0v) is 14.2. The second-order valence-corrected chi connectivity index (χ2v) is 7.09. The Morgan fingerprint density at radius 2 is 1.83 bits per heavy atom. The van der Waals surface area contributed by atoms with Gasteiger partial charge in [-0.15, -0.1) is 0 Å². The van der Waals surface area contributed by atoms with E-state index >= 15 is 0 Å². The van der Waals surface area contributed by atoms with Crippen LogP contribution in [0.15, 0.2) is 36.4 Å². The predicted molar refractivity (Wildman–Crippen MR) is 93.2 cm³/mol. The minimum Gasteiger partial charge on any atom is -0.489 e. The number of carbonyl (C=O) groups is 1. The summed E-state index contributed by atoms with van der Waals surface area (Å²) in [6.07, 6.45) is 2.28. The van der Waals surface area contributed by atoms with Crippen LogP contribution in [0, 0.1) is 12.3 Å². The normalized spacial score (nSPS) is 17.2. The van der Waals surface area contributed by atoms with Crippen LogP contribution in [0.1, 0.15) is 28.8 Å². The number of fused-ring (bicyclic) bond motifs is 1. The summed E-state index contributed by atoms with van der Waals surface area (Å²) >= 11 is 6.00. The lowest BCUT2D eigenvalue weighted by molar-refractivity contribution is 0.102. The van der Waals surface area contributed by atoms with Crippen LogP contribution in [0.4, 0.5) is 5.69 Å². The molecular formula is C19H18ClNO3. The van der Waals surface area contributed by atoms with Gasteiger partial charge in [-0.05, 0) is 55.7 Å². The van der Waals surface area contributed by atoms with Gasteiger partial charge in [0.25, 0.3) is 5.91 Å². The van der Waals surface area contributed by atoms with Gasteiger partial charge < -0.3 is 14.8 Å². The molecule has 1 saturated carbocycles. The van der Waals surface area contributed by atoms with Gasteiger partial charge in [0, 0.05) is 21.7 Å². The van der Waals surface area contributed by atoms with E-state index in [1.165, 1.54) is 0 Å². The number of hydrogen-bond acceptors (Lipinski definition) is 3. The first kappa shape index (κ1) is 15.3. The van der Waals surface area contributed by atoms with Crippen LogP contribution >= 0.6 is 11.6 Å². The molecule has 0 atom stereocenters. The van der Waals surface area contributed by atoms with E-state index in [4.69, 9.17) is 21.1 Å². The van der Waals surface area contributed by atoms with Gasteiger partial charge in [-0.3, -0.25) is 4.79 Å². The van der Waals surface area contributed by atoms with E-state index in [2.05, 4.69) is 5.32 Å².